The Bertz CT molecular complexity index is 73.8. The maximum Gasteiger partial charge on any atom is 0.147 e. The predicted octanol–water partition coefficient (Wildman–Crippen LogP) is 2.08. The molecule has 0 aliphatic heterocycles. The van der Waals surface area contributed by atoms with Crippen LogP contribution in [0.25, 0.3) is 0 Å². The van der Waals surface area contributed by atoms with Crippen molar-refractivity contribution in [3.63, 3.8) is 0 Å². The van der Waals surface area contributed by atoms with Crippen LogP contribution in [0.3, 0.4) is 0 Å². The molecule has 60 valence electrons. The van der Waals surface area contributed by atoms with Crippen LogP contribution < -0.4 is 0 Å². The minimum atomic E-state index is 0.191. The molecule has 0 saturated heterocycles. The molecule has 0 spiro atoms. The van der Waals surface area contributed by atoms with Gasteiger partial charge in [-0.3, -0.25) is 0 Å². The van der Waals surface area contributed by atoms with Gasteiger partial charge in [-0.15, -0.1) is 0 Å². The lowest BCUT2D eigenvalue weighted by Gasteiger charge is -2.17. The third-order valence-corrected chi connectivity index (χ3v) is 1.15. The Hall–Kier alpha value is -0.0800. The first kappa shape index (κ1) is 9.92. The molecule has 0 atom stereocenters. The summed E-state index contributed by atoms with van der Waals surface area (Å²) in [5, 5.41) is 0. The Morgan fingerprint density at radius 1 is 1.30 bits per heavy atom. The summed E-state index contributed by atoms with van der Waals surface area (Å²) in [7, 11) is 4.75. The fourth-order valence-electron chi connectivity index (χ4n) is 0.485. The summed E-state index contributed by atoms with van der Waals surface area (Å²) in [6, 6.07) is 0. The van der Waals surface area contributed by atoms with Crippen molar-refractivity contribution in [3.8, 4) is 0 Å². The maximum atomic E-state index is 5.01. The van der Waals surface area contributed by atoms with Crippen LogP contribution in [0.5, 0.6) is 0 Å². The molecule has 0 rings (SSSR count). The lowest BCUT2D eigenvalue weighted by molar-refractivity contribution is -0.0223. The van der Waals surface area contributed by atoms with Gasteiger partial charge in [-0.05, 0) is 11.8 Å². The van der Waals surface area contributed by atoms with Gasteiger partial charge in [-0.1, -0.05) is 20.8 Å². The largest absolute Gasteiger partial charge is 0.355 e. The van der Waals surface area contributed by atoms with Gasteiger partial charge >= 0.3 is 0 Å². The van der Waals surface area contributed by atoms with Crippen molar-refractivity contribution in [2.45, 2.75) is 27.2 Å². The topological polar surface area (TPSA) is 18.5 Å². The molecule has 10 heavy (non-hydrogen) atoms. The molecule has 0 aromatic heterocycles. The lowest BCUT2D eigenvalue weighted by atomic mass is 9.93. The minimum absolute atomic E-state index is 0.191. The average molecular weight is 144 g/mol. The normalized spacial score (nSPS) is 12.0. The molecule has 0 saturated carbocycles. The second-order valence-electron chi connectivity index (χ2n) is 3.50. The van der Waals surface area contributed by atoms with Crippen LogP contribution in [-0.4, -0.2) is 13.4 Å². The van der Waals surface area contributed by atoms with Crippen molar-refractivity contribution >= 4 is 0 Å². The third-order valence-electron chi connectivity index (χ3n) is 1.15. The Balaban J connectivity index is 3.04. The SMILES string of the molecule is [CH]OCOCCC(C)(C)C. The highest BCUT2D eigenvalue weighted by atomic mass is 16.7. The molecular formula is C8H16O2. The molecule has 0 unspecified atom stereocenters. The van der Waals surface area contributed by atoms with Crippen LogP contribution in [0.4, 0.5) is 0 Å². The summed E-state index contributed by atoms with van der Waals surface area (Å²) in [6.45, 7) is 7.40. The summed E-state index contributed by atoms with van der Waals surface area (Å²) < 4.78 is 9.25. The van der Waals surface area contributed by atoms with Crippen molar-refractivity contribution in [2.75, 3.05) is 13.4 Å². The summed E-state index contributed by atoms with van der Waals surface area (Å²) in [5.41, 5.74) is 0.328. The highest BCUT2D eigenvalue weighted by Crippen LogP contribution is 2.17. The Kier molecular flexibility index (Phi) is 4.65. The van der Waals surface area contributed by atoms with Crippen LogP contribution in [0.15, 0.2) is 0 Å². The third kappa shape index (κ3) is 7.92. The van der Waals surface area contributed by atoms with Gasteiger partial charge in [0.2, 0.25) is 0 Å². The van der Waals surface area contributed by atoms with Crippen LogP contribution in [-0.2, 0) is 9.47 Å². The van der Waals surface area contributed by atoms with E-state index in [0.29, 0.717) is 12.0 Å². The summed E-state index contributed by atoms with van der Waals surface area (Å²) in [4.78, 5) is 0. The summed E-state index contributed by atoms with van der Waals surface area (Å²) >= 11 is 0. The number of hydrogen-bond donors (Lipinski definition) is 0. The van der Waals surface area contributed by atoms with Crippen molar-refractivity contribution in [3.05, 3.63) is 7.11 Å². The highest BCUT2D eigenvalue weighted by molar-refractivity contribution is 4.59. The minimum Gasteiger partial charge on any atom is -0.355 e. The van der Waals surface area contributed by atoms with E-state index in [-0.39, 0.29) is 6.79 Å². The van der Waals surface area contributed by atoms with Crippen LogP contribution in [0.1, 0.15) is 27.2 Å². The zero-order valence-corrected chi connectivity index (χ0v) is 7.02. The van der Waals surface area contributed by atoms with E-state index < -0.39 is 0 Å². The van der Waals surface area contributed by atoms with E-state index in [2.05, 4.69) is 25.5 Å². The second-order valence-corrected chi connectivity index (χ2v) is 3.50. The summed E-state index contributed by atoms with van der Waals surface area (Å²) in [5.74, 6) is 0. The van der Waals surface area contributed by atoms with Gasteiger partial charge in [-0.25, -0.2) is 0 Å². The molecule has 0 aliphatic carbocycles. The van der Waals surface area contributed by atoms with Crippen molar-refractivity contribution in [1.82, 2.24) is 0 Å². The zero-order chi connectivity index (χ0) is 8.04. The monoisotopic (exact) mass is 144 g/mol. The zero-order valence-electron chi connectivity index (χ0n) is 7.02. The molecule has 0 N–H and O–H groups in total. The maximum absolute atomic E-state index is 5.01. The number of rotatable bonds is 4. The molecule has 2 heteroatoms. The Labute approximate surface area is 63.5 Å². The van der Waals surface area contributed by atoms with E-state index in [1.807, 2.05) is 0 Å². The number of hydrogen-bond acceptors (Lipinski definition) is 2. The van der Waals surface area contributed by atoms with Crippen molar-refractivity contribution in [1.29, 1.82) is 0 Å². The predicted molar refractivity (Wildman–Crippen MR) is 40.3 cm³/mol. The molecule has 0 heterocycles. The first-order valence-electron chi connectivity index (χ1n) is 3.46. The van der Waals surface area contributed by atoms with Gasteiger partial charge in [-0.2, -0.15) is 0 Å². The van der Waals surface area contributed by atoms with Gasteiger partial charge in [0.25, 0.3) is 0 Å². The first-order valence-corrected chi connectivity index (χ1v) is 3.46. The molecule has 0 bridgehead atoms. The molecule has 0 aromatic rings. The van der Waals surface area contributed by atoms with Crippen LogP contribution in [0.2, 0.25) is 0 Å². The molecule has 0 fully saturated rings. The fourth-order valence-corrected chi connectivity index (χ4v) is 0.485. The smallest absolute Gasteiger partial charge is 0.147 e. The van der Waals surface area contributed by atoms with Crippen molar-refractivity contribution in [2.24, 2.45) is 5.41 Å². The second kappa shape index (κ2) is 4.69. The molecule has 0 amide bonds. The quantitative estimate of drug-likeness (QED) is 0.444. The highest BCUT2D eigenvalue weighted by Gasteiger charge is 2.08. The van der Waals surface area contributed by atoms with Crippen LogP contribution in [0, 0.1) is 12.5 Å². The average Bonchev–Trinajstić information content (AvgIpc) is 1.78. The van der Waals surface area contributed by atoms with E-state index in [1.165, 1.54) is 0 Å². The molecular weight excluding hydrogens is 128 g/mol. The lowest BCUT2D eigenvalue weighted by Crippen LogP contribution is -2.10. The molecule has 2 nitrogen and oxygen atoms in total. The Morgan fingerprint density at radius 3 is 2.30 bits per heavy atom. The molecule has 0 aliphatic rings. The van der Waals surface area contributed by atoms with E-state index in [4.69, 9.17) is 11.8 Å². The number of ether oxygens (including phenoxy) is 2. The van der Waals surface area contributed by atoms with Gasteiger partial charge < -0.3 is 9.47 Å². The van der Waals surface area contributed by atoms with E-state index >= 15 is 0 Å². The Morgan fingerprint density at radius 2 is 1.90 bits per heavy atom. The van der Waals surface area contributed by atoms with E-state index in [1.54, 1.807) is 0 Å². The van der Waals surface area contributed by atoms with Gasteiger partial charge in [0.1, 0.15) is 13.9 Å². The molecule has 0 aromatic carbocycles. The van der Waals surface area contributed by atoms with E-state index in [9.17, 15) is 0 Å². The van der Waals surface area contributed by atoms with Gasteiger partial charge in [0, 0.05) is 6.61 Å². The first-order chi connectivity index (χ1) is 4.56. The van der Waals surface area contributed by atoms with Crippen molar-refractivity contribution < 1.29 is 9.47 Å². The fraction of sp³-hybridized carbons (Fsp3) is 0.875. The standard InChI is InChI=1S/C8H16O2/c1-8(2,3)5-6-10-7-9-4/h4H,5-7H2,1-3H3. The van der Waals surface area contributed by atoms with Crippen LogP contribution >= 0.6 is 0 Å². The summed E-state index contributed by atoms with van der Waals surface area (Å²) in [6.07, 6.45) is 1.02. The van der Waals surface area contributed by atoms with Gasteiger partial charge in [0.15, 0.2) is 0 Å². The van der Waals surface area contributed by atoms with E-state index in [0.717, 1.165) is 6.42 Å². The van der Waals surface area contributed by atoms with Gasteiger partial charge in [0.05, 0.1) is 0 Å². The molecule has 2 radical (unpaired) electrons.